The van der Waals surface area contributed by atoms with E-state index in [-0.39, 0.29) is 11.8 Å². The van der Waals surface area contributed by atoms with Crippen LogP contribution in [0.3, 0.4) is 0 Å². The first kappa shape index (κ1) is 11.3. The van der Waals surface area contributed by atoms with E-state index in [0.717, 1.165) is 0 Å². The Hall–Kier alpha value is -2.17. The van der Waals surface area contributed by atoms with Gasteiger partial charge in [0.15, 0.2) is 0 Å². The summed E-state index contributed by atoms with van der Waals surface area (Å²) in [6.45, 7) is 0.346. The zero-order valence-corrected chi connectivity index (χ0v) is 9.17. The van der Waals surface area contributed by atoms with Gasteiger partial charge in [0.1, 0.15) is 0 Å². The molecule has 88 valence electrons. The van der Waals surface area contributed by atoms with Crippen molar-refractivity contribution in [3.63, 3.8) is 0 Å². The Morgan fingerprint density at radius 2 is 1.76 bits per heavy atom. The first-order valence-electron chi connectivity index (χ1n) is 5.37. The van der Waals surface area contributed by atoms with Crippen LogP contribution < -0.4 is 0 Å². The molecule has 2 rings (SSSR count). The fourth-order valence-electron chi connectivity index (χ4n) is 1.84. The molecule has 0 aromatic heterocycles. The second-order valence-corrected chi connectivity index (χ2v) is 3.75. The van der Waals surface area contributed by atoms with Crippen molar-refractivity contribution in [1.82, 2.24) is 4.90 Å². The minimum Gasteiger partial charge on any atom is -0.411 e. The van der Waals surface area contributed by atoms with Crippen LogP contribution in [0.25, 0.3) is 0 Å². The third-order valence-corrected chi connectivity index (χ3v) is 2.67. The molecular formula is C12H12N2O3. The molecule has 2 amide bonds. The summed E-state index contributed by atoms with van der Waals surface area (Å²) < 4.78 is 0. The lowest BCUT2D eigenvalue weighted by molar-refractivity contribution is 0.0653. The van der Waals surface area contributed by atoms with Gasteiger partial charge < -0.3 is 5.21 Å². The first-order valence-corrected chi connectivity index (χ1v) is 5.37. The van der Waals surface area contributed by atoms with E-state index >= 15 is 0 Å². The second-order valence-electron chi connectivity index (χ2n) is 3.75. The molecule has 1 aromatic carbocycles. The van der Waals surface area contributed by atoms with Crippen LogP contribution in [0, 0.1) is 0 Å². The largest absolute Gasteiger partial charge is 0.411 e. The molecule has 0 bridgehead atoms. The number of fused-ring (bicyclic) bond motifs is 1. The smallest absolute Gasteiger partial charge is 0.261 e. The molecule has 1 N–H and O–H groups in total. The van der Waals surface area contributed by atoms with Crippen molar-refractivity contribution in [2.75, 3.05) is 6.54 Å². The van der Waals surface area contributed by atoms with Gasteiger partial charge in [-0.2, -0.15) is 0 Å². The molecule has 0 saturated carbocycles. The fourth-order valence-corrected chi connectivity index (χ4v) is 1.84. The SMILES string of the molecule is O=C1c2ccccc2C(=O)N1CCC/C=N/O. The number of oxime groups is 1. The average molecular weight is 232 g/mol. The summed E-state index contributed by atoms with van der Waals surface area (Å²) in [5, 5.41) is 11.1. The van der Waals surface area contributed by atoms with Crippen molar-refractivity contribution < 1.29 is 14.8 Å². The van der Waals surface area contributed by atoms with E-state index in [4.69, 9.17) is 5.21 Å². The van der Waals surface area contributed by atoms with Gasteiger partial charge in [-0.25, -0.2) is 0 Å². The van der Waals surface area contributed by atoms with Crippen molar-refractivity contribution >= 4 is 18.0 Å². The normalized spacial score (nSPS) is 14.7. The summed E-state index contributed by atoms with van der Waals surface area (Å²) in [5.41, 5.74) is 0.932. The van der Waals surface area contributed by atoms with Crippen molar-refractivity contribution in [2.24, 2.45) is 5.16 Å². The van der Waals surface area contributed by atoms with Crippen LogP contribution in [0.1, 0.15) is 33.6 Å². The standard InChI is InChI=1S/C12H12N2O3/c15-11-9-5-1-2-6-10(9)12(16)14(11)8-4-3-7-13-17/h1-2,5-7,17H,3-4,8H2/b13-7+. The molecular weight excluding hydrogens is 220 g/mol. The zero-order valence-electron chi connectivity index (χ0n) is 9.17. The predicted molar refractivity (Wildman–Crippen MR) is 61.3 cm³/mol. The summed E-state index contributed by atoms with van der Waals surface area (Å²) in [7, 11) is 0. The number of hydrogen-bond donors (Lipinski definition) is 1. The van der Waals surface area contributed by atoms with E-state index in [0.29, 0.717) is 30.5 Å². The van der Waals surface area contributed by atoms with Crippen molar-refractivity contribution in [2.45, 2.75) is 12.8 Å². The number of unbranched alkanes of at least 4 members (excludes halogenated alkanes) is 1. The molecule has 0 radical (unpaired) electrons. The van der Waals surface area contributed by atoms with Gasteiger partial charge in [-0.1, -0.05) is 12.1 Å². The Morgan fingerprint density at radius 1 is 1.18 bits per heavy atom. The number of nitrogens with zero attached hydrogens (tertiary/aromatic N) is 2. The van der Waals surface area contributed by atoms with Crippen LogP contribution in [0.2, 0.25) is 0 Å². The number of imide groups is 1. The molecule has 5 nitrogen and oxygen atoms in total. The zero-order chi connectivity index (χ0) is 12.3. The van der Waals surface area contributed by atoms with Crippen LogP contribution in [0.5, 0.6) is 0 Å². The monoisotopic (exact) mass is 232 g/mol. The van der Waals surface area contributed by atoms with Crippen molar-refractivity contribution in [1.29, 1.82) is 0 Å². The number of hydrogen-bond acceptors (Lipinski definition) is 4. The Bertz CT molecular complexity index is 447. The molecule has 0 aliphatic carbocycles. The molecule has 0 atom stereocenters. The Balaban J connectivity index is 2.08. The highest BCUT2D eigenvalue weighted by atomic mass is 16.4. The fraction of sp³-hybridized carbons (Fsp3) is 0.250. The maximum Gasteiger partial charge on any atom is 0.261 e. The van der Waals surface area contributed by atoms with E-state index in [9.17, 15) is 9.59 Å². The maximum atomic E-state index is 11.9. The number of carbonyl (C=O) groups is 2. The maximum absolute atomic E-state index is 11.9. The van der Waals surface area contributed by atoms with Crippen LogP contribution in [0.4, 0.5) is 0 Å². The number of benzene rings is 1. The van der Waals surface area contributed by atoms with Gasteiger partial charge in [0.05, 0.1) is 11.1 Å². The molecule has 1 heterocycles. The van der Waals surface area contributed by atoms with E-state index < -0.39 is 0 Å². The van der Waals surface area contributed by atoms with E-state index in [1.807, 2.05) is 0 Å². The minimum atomic E-state index is -0.244. The summed E-state index contributed by atoms with van der Waals surface area (Å²) in [6, 6.07) is 6.80. The molecule has 0 saturated heterocycles. The molecule has 1 aliphatic rings. The van der Waals surface area contributed by atoms with Gasteiger partial charge in [0.25, 0.3) is 11.8 Å². The van der Waals surface area contributed by atoms with Gasteiger partial charge >= 0.3 is 0 Å². The van der Waals surface area contributed by atoms with E-state index in [1.165, 1.54) is 11.1 Å². The van der Waals surface area contributed by atoms with Crippen LogP contribution in [-0.4, -0.2) is 34.7 Å². The number of rotatable bonds is 4. The highest BCUT2D eigenvalue weighted by molar-refractivity contribution is 6.21. The van der Waals surface area contributed by atoms with Crippen molar-refractivity contribution in [3.8, 4) is 0 Å². The summed E-state index contributed by atoms with van der Waals surface area (Å²) in [4.78, 5) is 25.0. The summed E-state index contributed by atoms with van der Waals surface area (Å²) >= 11 is 0. The van der Waals surface area contributed by atoms with Crippen LogP contribution in [0.15, 0.2) is 29.4 Å². The molecule has 17 heavy (non-hydrogen) atoms. The van der Waals surface area contributed by atoms with E-state index in [1.54, 1.807) is 24.3 Å². The Kier molecular flexibility index (Phi) is 3.18. The highest BCUT2D eigenvalue weighted by Crippen LogP contribution is 2.22. The molecule has 1 aromatic rings. The molecule has 5 heteroatoms. The molecule has 0 fully saturated rings. The highest BCUT2D eigenvalue weighted by Gasteiger charge is 2.34. The minimum absolute atomic E-state index is 0.244. The lowest BCUT2D eigenvalue weighted by Gasteiger charge is -2.12. The Morgan fingerprint density at radius 3 is 2.29 bits per heavy atom. The van der Waals surface area contributed by atoms with Gasteiger partial charge in [0, 0.05) is 12.8 Å². The quantitative estimate of drug-likeness (QED) is 0.281. The second kappa shape index (κ2) is 4.78. The third kappa shape index (κ3) is 2.04. The van der Waals surface area contributed by atoms with Crippen LogP contribution >= 0.6 is 0 Å². The number of amides is 2. The van der Waals surface area contributed by atoms with Gasteiger partial charge in [0.2, 0.25) is 0 Å². The van der Waals surface area contributed by atoms with Gasteiger partial charge in [-0.3, -0.25) is 14.5 Å². The predicted octanol–water partition coefficient (Wildman–Crippen LogP) is 1.52. The number of carbonyl (C=O) groups excluding carboxylic acids is 2. The topological polar surface area (TPSA) is 70.0 Å². The van der Waals surface area contributed by atoms with Crippen LogP contribution in [-0.2, 0) is 0 Å². The molecule has 1 aliphatic heterocycles. The Labute approximate surface area is 98.3 Å². The summed E-state index contributed by atoms with van der Waals surface area (Å²) in [5.74, 6) is -0.488. The molecule has 0 unspecified atom stereocenters. The summed E-state index contributed by atoms with van der Waals surface area (Å²) in [6.07, 6.45) is 2.47. The van der Waals surface area contributed by atoms with E-state index in [2.05, 4.69) is 5.16 Å². The lowest BCUT2D eigenvalue weighted by Crippen LogP contribution is -2.30. The molecule has 0 spiro atoms. The first-order chi connectivity index (χ1) is 8.25. The van der Waals surface area contributed by atoms with Crippen molar-refractivity contribution in [3.05, 3.63) is 35.4 Å². The third-order valence-electron chi connectivity index (χ3n) is 2.67. The lowest BCUT2D eigenvalue weighted by atomic mass is 10.1. The van der Waals surface area contributed by atoms with Gasteiger partial charge in [-0.05, 0) is 25.0 Å². The average Bonchev–Trinajstić information content (AvgIpc) is 2.60. The van der Waals surface area contributed by atoms with Gasteiger partial charge in [-0.15, -0.1) is 5.16 Å².